The van der Waals surface area contributed by atoms with Gasteiger partial charge in [-0.05, 0) is 31.9 Å². The maximum absolute atomic E-state index is 10.6. The molecule has 5 nitrogen and oxygen atoms in total. The average molecular weight is 287 g/mol. The second-order valence-corrected chi connectivity index (χ2v) is 4.95. The van der Waals surface area contributed by atoms with E-state index >= 15 is 0 Å². The molecule has 1 unspecified atom stereocenters. The van der Waals surface area contributed by atoms with Crippen molar-refractivity contribution < 1.29 is 9.84 Å². The first-order valence-electron chi connectivity index (χ1n) is 7.24. The number of nitrogens with zero attached hydrogens (tertiary/aromatic N) is 3. The van der Waals surface area contributed by atoms with Crippen LogP contribution in [0.25, 0.3) is 0 Å². The fourth-order valence-corrected chi connectivity index (χ4v) is 2.11. The van der Waals surface area contributed by atoms with Gasteiger partial charge in [-0.25, -0.2) is 0 Å². The van der Waals surface area contributed by atoms with E-state index in [1.54, 1.807) is 12.4 Å². The molecule has 0 aromatic carbocycles. The highest BCUT2D eigenvalue weighted by molar-refractivity contribution is 5.34. The number of aliphatic hydroxyl groups excluding tert-OH is 1. The summed E-state index contributed by atoms with van der Waals surface area (Å²) in [7, 11) is 0. The Bertz CT molecular complexity index is 602. The fourth-order valence-electron chi connectivity index (χ4n) is 2.11. The van der Waals surface area contributed by atoms with Gasteiger partial charge in [0, 0.05) is 17.3 Å². The van der Waals surface area contributed by atoms with Crippen LogP contribution in [0, 0.1) is 6.92 Å². The van der Waals surface area contributed by atoms with E-state index in [0.29, 0.717) is 17.9 Å². The third-order valence-electron chi connectivity index (χ3n) is 3.18. The van der Waals surface area contributed by atoms with E-state index in [4.69, 9.17) is 4.74 Å². The lowest BCUT2D eigenvalue weighted by atomic mass is 10.0. The number of aryl methyl sites for hydroxylation is 2. The van der Waals surface area contributed by atoms with Gasteiger partial charge in [0.25, 0.3) is 0 Å². The molecule has 0 aliphatic rings. The Morgan fingerprint density at radius 2 is 2.00 bits per heavy atom. The number of rotatable bonds is 6. The summed E-state index contributed by atoms with van der Waals surface area (Å²) >= 11 is 0. The number of hydrogen-bond acceptors (Lipinski definition) is 5. The summed E-state index contributed by atoms with van der Waals surface area (Å²) in [6.45, 7) is 6.54. The molecule has 0 saturated carbocycles. The molecule has 5 heteroatoms. The van der Waals surface area contributed by atoms with Crippen molar-refractivity contribution in [2.45, 2.75) is 39.7 Å². The zero-order valence-corrected chi connectivity index (χ0v) is 12.7. The van der Waals surface area contributed by atoms with Gasteiger partial charge in [-0.3, -0.25) is 4.98 Å². The van der Waals surface area contributed by atoms with Crippen LogP contribution in [0.2, 0.25) is 0 Å². The summed E-state index contributed by atoms with van der Waals surface area (Å²) in [6, 6.07) is 3.69. The van der Waals surface area contributed by atoms with Gasteiger partial charge in [-0.15, -0.1) is 0 Å². The fraction of sp³-hybridized carbons (Fsp3) is 0.438. The molecule has 112 valence electrons. The topological polar surface area (TPSA) is 68.1 Å². The average Bonchev–Trinajstić information content (AvgIpc) is 2.52. The van der Waals surface area contributed by atoms with E-state index in [9.17, 15) is 5.11 Å². The van der Waals surface area contributed by atoms with E-state index in [0.717, 1.165) is 29.8 Å². The summed E-state index contributed by atoms with van der Waals surface area (Å²) in [4.78, 5) is 4.14. The van der Waals surface area contributed by atoms with E-state index in [2.05, 4.69) is 15.2 Å². The van der Waals surface area contributed by atoms with Crippen LogP contribution in [-0.2, 0) is 6.42 Å². The first-order chi connectivity index (χ1) is 10.2. The number of aromatic nitrogens is 3. The zero-order valence-electron chi connectivity index (χ0n) is 12.7. The molecule has 2 heterocycles. The molecule has 0 amide bonds. The largest absolute Gasteiger partial charge is 0.492 e. The lowest BCUT2D eigenvalue weighted by Gasteiger charge is -2.15. The number of pyridine rings is 1. The van der Waals surface area contributed by atoms with Gasteiger partial charge < -0.3 is 9.84 Å². The van der Waals surface area contributed by atoms with Crippen molar-refractivity contribution >= 4 is 0 Å². The first-order valence-corrected chi connectivity index (χ1v) is 7.24. The summed E-state index contributed by atoms with van der Waals surface area (Å²) in [5.74, 6) is 0.671. The molecule has 0 spiro atoms. The van der Waals surface area contributed by atoms with Gasteiger partial charge in [0.2, 0.25) is 0 Å². The van der Waals surface area contributed by atoms with E-state index in [1.165, 1.54) is 0 Å². The van der Waals surface area contributed by atoms with Crippen LogP contribution in [0.5, 0.6) is 5.75 Å². The first kappa shape index (κ1) is 15.4. The molecule has 0 aliphatic heterocycles. The van der Waals surface area contributed by atoms with Crippen molar-refractivity contribution in [3.8, 4) is 5.75 Å². The van der Waals surface area contributed by atoms with Gasteiger partial charge >= 0.3 is 0 Å². The van der Waals surface area contributed by atoms with Gasteiger partial charge in [0.05, 0.1) is 24.2 Å². The predicted octanol–water partition coefficient (Wildman–Crippen LogP) is 2.61. The van der Waals surface area contributed by atoms with Crippen LogP contribution in [0.3, 0.4) is 0 Å². The number of aliphatic hydroxyl groups is 1. The third-order valence-corrected chi connectivity index (χ3v) is 3.18. The minimum atomic E-state index is -0.771. The third kappa shape index (κ3) is 3.76. The number of ether oxygens (including phenoxy) is 1. The van der Waals surface area contributed by atoms with Crippen molar-refractivity contribution in [3.05, 3.63) is 47.0 Å². The van der Waals surface area contributed by atoms with E-state index in [1.807, 2.05) is 32.9 Å². The Morgan fingerprint density at radius 1 is 1.19 bits per heavy atom. The molecule has 1 atom stereocenters. The zero-order chi connectivity index (χ0) is 15.2. The second-order valence-electron chi connectivity index (χ2n) is 4.95. The highest BCUT2D eigenvalue weighted by atomic mass is 16.5. The molecule has 2 aromatic rings. The molecular formula is C16H21N3O2. The highest BCUT2D eigenvalue weighted by Gasteiger charge is 2.17. The normalized spacial score (nSPS) is 12.2. The monoisotopic (exact) mass is 287 g/mol. The van der Waals surface area contributed by atoms with Crippen LogP contribution >= 0.6 is 0 Å². The van der Waals surface area contributed by atoms with E-state index in [-0.39, 0.29) is 0 Å². The van der Waals surface area contributed by atoms with Crippen molar-refractivity contribution in [3.63, 3.8) is 0 Å². The standard InChI is InChI=1S/C16H21N3O2/c1-4-6-21-13-8-12(9-17-10-13)16(20)14-7-11(3)18-19-15(14)5-2/h7-10,16,20H,4-6H2,1-3H3. The lowest BCUT2D eigenvalue weighted by Crippen LogP contribution is -2.08. The van der Waals surface area contributed by atoms with E-state index < -0.39 is 6.10 Å². The van der Waals surface area contributed by atoms with Crippen LogP contribution < -0.4 is 4.74 Å². The van der Waals surface area contributed by atoms with Gasteiger partial charge in [0.15, 0.2) is 0 Å². The Labute approximate surface area is 125 Å². The Kier molecular flexibility index (Phi) is 5.22. The molecule has 1 N–H and O–H groups in total. The Morgan fingerprint density at radius 3 is 2.71 bits per heavy atom. The molecule has 21 heavy (non-hydrogen) atoms. The SMILES string of the molecule is CCCOc1cncc(C(O)c2cc(C)nnc2CC)c1. The van der Waals surface area contributed by atoms with Crippen LogP contribution in [0.4, 0.5) is 0 Å². The van der Waals surface area contributed by atoms with Crippen molar-refractivity contribution in [1.29, 1.82) is 0 Å². The maximum Gasteiger partial charge on any atom is 0.137 e. The maximum atomic E-state index is 10.6. The van der Waals surface area contributed by atoms with Gasteiger partial charge in [-0.1, -0.05) is 13.8 Å². The van der Waals surface area contributed by atoms with Gasteiger partial charge in [0.1, 0.15) is 11.9 Å². The molecular weight excluding hydrogens is 266 g/mol. The molecule has 0 bridgehead atoms. The molecule has 0 fully saturated rings. The van der Waals surface area contributed by atoms with Crippen molar-refractivity contribution in [2.75, 3.05) is 6.61 Å². The molecule has 0 aliphatic carbocycles. The van der Waals surface area contributed by atoms with Crippen LogP contribution in [0.1, 0.15) is 48.9 Å². The second kappa shape index (κ2) is 7.13. The highest BCUT2D eigenvalue weighted by Crippen LogP contribution is 2.26. The minimum absolute atomic E-state index is 0.636. The molecule has 0 radical (unpaired) electrons. The lowest BCUT2D eigenvalue weighted by molar-refractivity contribution is 0.216. The molecule has 0 saturated heterocycles. The number of hydrogen-bond donors (Lipinski definition) is 1. The summed E-state index contributed by atoms with van der Waals surface area (Å²) in [5.41, 5.74) is 3.06. The summed E-state index contributed by atoms with van der Waals surface area (Å²) in [6.07, 6.45) is 4.19. The van der Waals surface area contributed by atoms with Crippen molar-refractivity contribution in [1.82, 2.24) is 15.2 Å². The Balaban J connectivity index is 2.31. The van der Waals surface area contributed by atoms with Crippen molar-refractivity contribution in [2.24, 2.45) is 0 Å². The molecule has 2 rings (SSSR count). The predicted molar refractivity (Wildman–Crippen MR) is 80.2 cm³/mol. The summed E-state index contributed by atoms with van der Waals surface area (Å²) in [5, 5.41) is 18.8. The van der Waals surface area contributed by atoms with Crippen LogP contribution in [0.15, 0.2) is 24.5 Å². The smallest absolute Gasteiger partial charge is 0.137 e. The minimum Gasteiger partial charge on any atom is -0.492 e. The Hall–Kier alpha value is -2.01. The van der Waals surface area contributed by atoms with Crippen LogP contribution in [-0.4, -0.2) is 26.9 Å². The summed E-state index contributed by atoms with van der Waals surface area (Å²) < 4.78 is 5.56. The quantitative estimate of drug-likeness (QED) is 0.884. The molecule has 2 aromatic heterocycles. The van der Waals surface area contributed by atoms with Gasteiger partial charge in [-0.2, -0.15) is 10.2 Å².